The van der Waals surface area contributed by atoms with E-state index >= 15 is 0 Å². The Kier molecular flexibility index (Phi) is 2.67. The van der Waals surface area contributed by atoms with Gasteiger partial charge < -0.3 is 5.73 Å². The van der Waals surface area contributed by atoms with Gasteiger partial charge in [0, 0.05) is 11.9 Å². The molecular formula is C12H15N5. The minimum Gasteiger partial charge on any atom is -0.384 e. The second-order valence-electron chi connectivity index (χ2n) is 4.16. The fourth-order valence-electron chi connectivity index (χ4n) is 1.84. The number of hydrogen-bond acceptors (Lipinski definition) is 3. The lowest BCUT2D eigenvalue weighted by Gasteiger charge is -2.11. The van der Waals surface area contributed by atoms with E-state index < -0.39 is 0 Å². The Morgan fingerprint density at radius 2 is 2.06 bits per heavy atom. The van der Waals surface area contributed by atoms with E-state index in [2.05, 4.69) is 10.1 Å². The third-order valence-corrected chi connectivity index (χ3v) is 2.52. The van der Waals surface area contributed by atoms with Crippen molar-refractivity contribution in [3.63, 3.8) is 0 Å². The number of nitrogens with two attached hydrogens (primary N) is 1. The number of rotatable bonds is 2. The van der Waals surface area contributed by atoms with Crippen molar-refractivity contribution >= 4 is 5.84 Å². The molecule has 0 atom stereocenters. The first-order valence-corrected chi connectivity index (χ1v) is 5.33. The smallest absolute Gasteiger partial charge is 0.164 e. The standard InChI is InChI=1S/C12H15N5/c1-7-5-15-17(6-7)12-10(11(13)14)8(2)4-9(3)16-12/h4-6H,1-3H3,(H3,13,14). The Morgan fingerprint density at radius 3 is 2.59 bits per heavy atom. The topological polar surface area (TPSA) is 80.6 Å². The SMILES string of the molecule is Cc1cnn(-c2nc(C)cc(C)c2C(=N)N)c1. The molecule has 3 N–H and O–H groups in total. The van der Waals surface area contributed by atoms with Crippen LogP contribution in [0.15, 0.2) is 18.5 Å². The molecule has 2 heterocycles. The fraction of sp³-hybridized carbons (Fsp3) is 0.250. The average molecular weight is 229 g/mol. The van der Waals surface area contributed by atoms with E-state index in [1.807, 2.05) is 33.0 Å². The van der Waals surface area contributed by atoms with Crippen molar-refractivity contribution < 1.29 is 0 Å². The first-order valence-electron chi connectivity index (χ1n) is 5.33. The molecule has 5 nitrogen and oxygen atoms in total. The van der Waals surface area contributed by atoms with Crippen LogP contribution >= 0.6 is 0 Å². The Bertz CT molecular complexity index is 583. The molecule has 0 saturated heterocycles. The highest BCUT2D eigenvalue weighted by Crippen LogP contribution is 2.17. The van der Waals surface area contributed by atoms with Crippen LogP contribution < -0.4 is 5.73 Å². The normalized spacial score (nSPS) is 10.5. The fourth-order valence-corrected chi connectivity index (χ4v) is 1.84. The highest BCUT2D eigenvalue weighted by atomic mass is 15.3. The molecule has 0 saturated carbocycles. The second-order valence-corrected chi connectivity index (χ2v) is 4.16. The number of aryl methyl sites for hydroxylation is 3. The summed E-state index contributed by atoms with van der Waals surface area (Å²) in [6, 6.07) is 1.91. The summed E-state index contributed by atoms with van der Waals surface area (Å²) >= 11 is 0. The van der Waals surface area contributed by atoms with Gasteiger partial charge in [0.15, 0.2) is 5.82 Å². The quantitative estimate of drug-likeness (QED) is 0.604. The van der Waals surface area contributed by atoms with Gasteiger partial charge in [0.1, 0.15) is 5.84 Å². The zero-order valence-corrected chi connectivity index (χ0v) is 10.2. The van der Waals surface area contributed by atoms with E-state index in [1.165, 1.54) is 0 Å². The molecule has 0 aliphatic heterocycles. The molecule has 17 heavy (non-hydrogen) atoms. The second kappa shape index (κ2) is 4.01. The first-order chi connectivity index (χ1) is 7.99. The molecule has 0 unspecified atom stereocenters. The number of nitrogen functional groups attached to an aromatic ring is 1. The van der Waals surface area contributed by atoms with E-state index in [0.717, 1.165) is 16.8 Å². The Hall–Kier alpha value is -2.17. The molecule has 2 aromatic heterocycles. The molecule has 0 bridgehead atoms. The van der Waals surface area contributed by atoms with E-state index in [4.69, 9.17) is 11.1 Å². The van der Waals surface area contributed by atoms with Gasteiger partial charge >= 0.3 is 0 Å². The van der Waals surface area contributed by atoms with Crippen molar-refractivity contribution in [3.8, 4) is 5.82 Å². The monoisotopic (exact) mass is 229 g/mol. The van der Waals surface area contributed by atoms with Gasteiger partial charge in [-0.2, -0.15) is 5.10 Å². The van der Waals surface area contributed by atoms with Crippen molar-refractivity contribution in [3.05, 3.63) is 40.8 Å². The van der Waals surface area contributed by atoms with Crippen LogP contribution in [0.1, 0.15) is 22.4 Å². The van der Waals surface area contributed by atoms with Gasteiger partial charge in [-0.05, 0) is 38.0 Å². The Balaban J connectivity index is 2.71. The lowest BCUT2D eigenvalue weighted by molar-refractivity contribution is 0.835. The molecule has 0 aliphatic rings. The summed E-state index contributed by atoms with van der Waals surface area (Å²) in [4.78, 5) is 4.42. The number of hydrogen-bond donors (Lipinski definition) is 2. The lowest BCUT2D eigenvalue weighted by Crippen LogP contribution is -2.18. The highest BCUT2D eigenvalue weighted by Gasteiger charge is 2.13. The summed E-state index contributed by atoms with van der Waals surface area (Å²) in [5, 5.41) is 11.9. The van der Waals surface area contributed by atoms with Gasteiger partial charge in [0.25, 0.3) is 0 Å². The largest absolute Gasteiger partial charge is 0.384 e. The highest BCUT2D eigenvalue weighted by molar-refractivity contribution is 5.99. The van der Waals surface area contributed by atoms with Crippen LogP contribution in [-0.2, 0) is 0 Å². The minimum atomic E-state index is 0.0122. The first kappa shape index (κ1) is 11.3. The molecule has 0 aromatic carbocycles. The summed E-state index contributed by atoms with van der Waals surface area (Å²) in [6.45, 7) is 5.79. The number of amidine groups is 1. The van der Waals surface area contributed by atoms with E-state index in [0.29, 0.717) is 11.4 Å². The molecule has 0 fully saturated rings. The predicted octanol–water partition coefficient (Wildman–Crippen LogP) is 1.48. The van der Waals surface area contributed by atoms with Gasteiger partial charge in [-0.25, -0.2) is 9.67 Å². The van der Waals surface area contributed by atoms with Crippen LogP contribution in [0.5, 0.6) is 0 Å². The molecule has 0 radical (unpaired) electrons. The van der Waals surface area contributed by atoms with Crippen LogP contribution in [0.25, 0.3) is 5.82 Å². The summed E-state index contributed by atoms with van der Waals surface area (Å²) in [5.41, 5.74) is 9.11. The molecule has 0 spiro atoms. The van der Waals surface area contributed by atoms with Crippen LogP contribution in [-0.4, -0.2) is 20.6 Å². The maximum Gasteiger partial charge on any atom is 0.164 e. The van der Waals surface area contributed by atoms with Crippen molar-refractivity contribution in [1.29, 1.82) is 5.41 Å². The van der Waals surface area contributed by atoms with E-state index in [-0.39, 0.29) is 5.84 Å². The summed E-state index contributed by atoms with van der Waals surface area (Å²) < 4.78 is 1.66. The number of pyridine rings is 1. The molecule has 2 aromatic rings. The summed E-state index contributed by atoms with van der Waals surface area (Å²) in [6.07, 6.45) is 3.62. The van der Waals surface area contributed by atoms with Gasteiger partial charge in [-0.1, -0.05) is 0 Å². The molecular weight excluding hydrogens is 214 g/mol. The maximum atomic E-state index is 7.64. The molecule has 2 rings (SSSR count). The van der Waals surface area contributed by atoms with Crippen LogP contribution in [0.3, 0.4) is 0 Å². The molecule has 88 valence electrons. The zero-order valence-electron chi connectivity index (χ0n) is 10.2. The number of nitrogens with one attached hydrogen (secondary N) is 1. The Morgan fingerprint density at radius 1 is 1.35 bits per heavy atom. The molecule has 0 aliphatic carbocycles. The van der Waals surface area contributed by atoms with Crippen LogP contribution in [0, 0.1) is 26.2 Å². The van der Waals surface area contributed by atoms with Crippen molar-refractivity contribution in [1.82, 2.24) is 14.8 Å². The van der Waals surface area contributed by atoms with E-state index in [9.17, 15) is 0 Å². The zero-order chi connectivity index (χ0) is 12.6. The predicted molar refractivity (Wildman–Crippen MR) is 66.6 cm³/mol. The van der Waals surface area contributed by atoms with E-state index in [1.54, 1.807) is 10.9 Å². The van der Waals surface area contributed by atoms with Gasteiger partial charge in [-0.3, -0.25) is 5.41 Å². The van der Waals surface area contributed by atoms with Crippen molar-refractivity contribution in [2.24, 2.45) is 5.73 Å². The summed E-state index contributed by atoms with van der Waals surface area (Å²) in [7, 11) is 0. The number of aromatic nitrogens is 3. The molecule has 5 heteroatoms. The van der Waals surface area contributed by atoms with Crippen molar-refractivity contribution in [2.45, 2.75) is 20.8 Å². The maximum absolute atomic E-state index is 7.64. The van der Waals surface area contributed by atoms with Gasteiger partial charge in [0.05, 0.1) is 11.8 Å². The average Bonchev–Trinajstić information content (AvgIpc) is 2.62. The minimum absolute atomic E-state index is 0.0122. The van der Waals surface area contributed by atoms with Gasteiger partial charge in [-0.15, -0.1) is 0 Å². The third kappa shape index (κ3) is 2.04. The van der Waals surface area contributed by atoms with Crippen molar-refractivity contribution in [2.75, 3.05) is 0 Å². The molecule has 0 amide bonds. The van der Waals surface area contributed by atoms with Crippen LogP contribution in [0.4, 0.5) is 0 Å². The Labute approximate surface area is 99.8 Å². The number of nitrogens with zero attached hydrogens (tertiary/aromatic N) is 3. The lowest BCUT2D eigenvalue weighted by atomic mass is 10.1. The van der Waals surface area contributed by atoms with Gasteiger partial charge in [0.2, 0.25) is 0 Å². The third-order valence-electron chi connectivity index (χ3n) is 2.52. The van der Waals surface area contributed by atoms with Crippen LogP contribution in [0.2, 0.25) is 0 Å². The summed E-state index contributed by atoms with van der Waals surface area (Å²) in [5.74, 6) is 0.626.